The predicted molar refractivity (Wildman–Crippen MR) is 108 cm³/mol. The summed E-state index contributed by atoms with van der Waals surface area (Å²) in [5.74, 6) is -0.973. The molecule has 1 amide bonds. The van der Waals surface area contributed by atoms with Crippen molar-refractivity contribution in [2.75, 3.05) is 16.8 Å². The minimum absolute atomic E-state index is 0.134. The first kappa shape index (κ1) is 20.5. The third-order valence-electron chi connectivity index (χ3n) is 4.46. The van der Waals surface area contributed by atoms with Crippen LogP contribution in [0.5, 0.6) is 0 Å². The van der Waals surface area contributed by atoms with Gasteiger partial charge in [0.15, 0.2) is 5.82 Å². The molecule has 1 aliphatic heterocycles. The summed E-state index contributed by atoms with van der Waals surface area (Å²) in [6.45, 7) is 7.05. The van der Waals surface area contributed by atoms with Gasteiger partial charge in [0.2, 0.25) is 5.91 Å². The largest absolute Gasteiger partial charge is 0.366 e. The lowest BCUT2D eigenvalue weighted by Crippen LogP contribution is -2.30. The molecular formula is C21H24ClF2N3O. The van der Waals surface area contributed by atoms with Crippen molar-refractivity contribution in [2.24, 2.45) is 5.41 Å². The molecule has 0 bridgehead atoms. The fraction of sp³-hybridized carbons (Fsp3) is 0.429. The zero-order valence-corrected chi connectivity index (χ0v) is 17.0. The zero-order valence-electron chi connectivity index (χ0n) is 16.3. The van der Waals surface area contributed by atoms with Crippen LogP contribution < -0.4 is 10.2 Å². The molecule has 0 aliphatic carbocycles. The molecule has 3 rings (SSSR count). The van der Waals surface area contributed by atoms with Crippen LogP contribution in [0, 0.1) is 17.0 Å². The second-order valence-corrected chi connectivity index (χ2v) is 8.78. The molecule has 0 atom stereocenters. The first-order chi connectivity index (χ1) is 13.1. The van der Waals surface area contributed by atoms with E-state index in [1.165, 1.54) is 12.1 Å². The summed E-state index contributed by atoms with van der Waals surface area (Å²) in [5, 5.41) is 3.14. The molecule has 1 N–H and O–H groups in total. The topological polar surface area (TPSA) is 45.2 Å². The third-order valence-corrected chi connectivity index (χ3v) is 4.75. The molecule has 1 aromatic carbocycles. The van der Waals surface area contributed by atoms with Gasteiger partial charge >= 0.3 is 0 Å². The van der Waals surface area contributed by atoms with Crippen LogP contribution in [0.1, 0.15) is 44.9 Å². The maximum absolute atomic E-state index is 13.5. The van der Waals surface area contributed by atoms with E-state index >= 15 is 0 Å². The zero-order chi connectivity index (χ0) is 20.5. The number of nitrogens with one attached hydrogen (secondary N) is 1. The maximum Gasteiger partial charge on any atom is 0.226 e. The van der Waals surface area contributed by atoms with Gasteiger partial charge in [-0.15, -0.1) is 0 Å². The lowest BCUT2D eigenvalue weighted by Gasteiger charge is -2.31. The molecule has 150 valence electrons. The Hall–Kier alpha value is -2.21. The quantitative estimate of drug-likeness (QED) is 0.743. The van der Waals surface area contributed by atoms with Gasteiger partial charge in [0.25, 0.3) is 0 Å². The molecular weight excluding hydrogens is 384 g/mol. The summed E-state index contributed by atoms with van der Waals surface area (Å²) in [6, 6.07) is 5.28. The van der Waals surface area contributed by atoms with Crippen molar-refractivity contribution >= 4 is 29.0 Å². The third kappa shape index (κ3) is 5.19. The van der Waals surface area contributed by atoms with Crippen LogP contribution in [0.4, 0.5) is 20.3 Å². The molecule has 0 unspecified atom stereocenters. The summed E-state index contributed by atoms with van der Waals surface area (Å²) in [5.41, 5.74) is 2.05. The minimum atomic E-state index is -0.597. The van der Waals surface area contributed by atoms with Gasteiger partial charge in [0.1, 0.15) is 11.6 Å². The van der Waals surface area contributed by atoms with Crippen LogP contribution in [0.25, 0.3) is 0 Å². The SMILES string of the molecule is CC(C)(C)CC(=O)Nc1nc2c(cc1Cl)N(Cc1cc(F)cc(F)c1)CCC2. The van der Waals surface area contributed by atoms with Crippen LogP contribution in [-0.4, -0.2) is 17.4 Å². The highest BCUT2D eigenvalue weighted by Crippen LogP contribution is 2.34. The van der Waals surface area contributed by atoms with Crippen molar-refractivity contribution in [2.45, 2.75) is 46.6 Å². The van der Waals surface area contributed by atoms with E-state index in [4.69, 9.17) is 11.6 Å². The van der Waals surface area contributed by atoms with Crippen molar-refractivity contribution in [1.29, 1.82) is 0 Å². The first-order valence-electron chi connectivity index (χ1n) is 9.30. The van der Waals surface area contributed by atoms with Gasteiger partial charge in [-0.2, -0.15) is 0 Å². The summed E-state index contributed by atoms with van der Waals surface area (Å²) in [7, 11) is 0. The highest BCUT2D eigenvalue weighted by atomic mass is 35.5. The molecule has 0 saturated carbocycles. The number of amides is 1. The van der Waals surface area contributed by atoms with Gasteiger partial charge in [-0.1, -0.05) is 32.4 Å². The van der Waals surface area contributed by atoms with Gasteiger partial charge in [-0.25, -0.2) is 13.8 Å². The maximum atomic E-state index is 13.5. The number of nitrogens with zero attached hydrogens (tertiary/aromatic N) is 2. The van der Waals surface area contributed by atoms with Gasteiger partial charge in [0, 0.05) is 25.6 Å². The molecule has 0 fully saturated rings. The highest BCUT2D eigenvalue weighted by Gasteiger charge is 2.23. The number of halogens is 3. The molecule has 0 spiro atoms. The molecule has 1 aliphatic rings. The predicted octanol–water partition coefficient (Wildman–Crippen LogP) is 5.34. The second-order valence-electron chi connectivity index (χ2n) is 8.37. The van der Waals surface area contributed by atoms with Gasteiger partial charge in [-0.3, -0.25) is 4.79 Å². The van der Waals surface area contributed by atoms with Gasteiger partial charge in [-0.05, 0) is 42.0 Å². The van der Waals surface area contributed by atoms with E-state index in [9.17, 15) is 13.6 Å². The summed E-state index contributed by atoms with van der Waals surface area (Å²) >= 11 is 6.37. The molecule has 2 aromatic rings. The Morgan fingerprint density at radius 2 is 1.89 bits per heavy atom. The normalized spacial score (nSPS) is 14.0. The monoisotopic (exact) mass is 407 g/mol. The van der Waals surface area contributed by atoms with E-state index in [1.807, 2.05) is 25.7 Å². The first-order valence-corrected chi connectivity index (χ1v) is 9.68. The Bertz CT molecular complexity index is 876. The Balaban J connectivity index is 1.82. The number of hydrogen-bond donors (Lipinski definition) is 1. The number of rotatable bonds is 4. The molecule has 28 heavy (non-hydrogen) atoms. The average molecular weight is 408 g/mol. The number of aromatic nitrogens is 1. The number of anilines is 2. The fourth-order valence-electron chi connectivity index (χ4n) is 3.37. The van der Waals surface area contributed by atoms with Crippen LogP contribution >= 0.6 is 11.6 Å². The number of fused-ring (bicyclic) bond motifs is 1. The van der Waals surface area contributed by atoms with Crippen LogP contribution in [0.15, 0.2) is 24.3 Å². The molecule has 4 nitrogen and oxygen atoms in total. The fourth-order valence-corrected chi connectivity index (χ4v) is 3.56. The van der Waals surface area contributed by atoms with Crippen LogP contribution in [0.3, 0.4) is 0 Å². The summed E-state index contributed by atoms with van der Waals surface area (Å²) < 4.78 is 27.0. The second kappa shape index (κ2) is 8.03. The molecule has 0 radical (unpaired) electrons. The van der Waals surface area contributed by atoms with Crippen LogP contribution in [0.2, 0.25) is 5.02 Å². The summed E-state index contributed by atoms with van der Waals surface area (Å²) in [4.78, 5) is 18.8. The Morgan fingerprint density at radius 1 is 1.21 bits per heavy atom. The van der Waals surface area contributed by atoms with E-state index in [0.29, 0.717) is 29.4 Å². The van der Waals surface area contributed by atoms with Crippen molar-refractivity contribution in [3.05, 3.63) is 52.2 Å². The van der Waals surface area contributed by atoms with E-state index < -0.39 is 11.6 Å². The number of carbonyl (C=O) groups is 1. The number of pyridine rings is 1. The molecule has 0 saturated heterocycles. The van der Waals surface area contributed by atoms with E-state index in [0.717, 1.165) is 36.8 Å². The van der Waals surface area contributed by atoms with Crippen molar-refractivity contribution in [3.63, 3.8) is 0 Å². The van der Waals surface area contributed by atoms with Crippen LogP contribution in [-0.2, 0) is 17.8 Å². The van der Waals surface area contributed by atoms with E-state index in [-0.39, 0.29) is 11.3 Å². The smallest absolute Gasteiger partial charge is 0.226 e. The molecule has 1 aromatic heterocycles. The van der Waals surface area contributed by atoms with E-state index in [2.05, 4.69) is 10.3 Å². The highest BCUT2D eigenvalue weighted by molar-refractivity contribution is 6.33. The lowest BCUT2D eigenvalue weighted by molar-refractivity contribution is -0.117. The van der Waals surface area contributed by atoms with E-state index in [1.54, 1.807) is 6.07 Å². The Morgan fingerprint density at radius 3 is 2.54 bits per heavy atom. The average Bonchev–Trinajstić information content (AvgIpc) is 2.53. The number of aryl methyl sites for hydroxylation is 1. The van der Waals surface area contributed by atoms with Crippen molar-refractivity contribution < 1.29 is 13.6 Å². The number of benzene rings is 1. The lowest BCUT2D eigenvalue weighted by atomic mass is 9.92. The van der Waals surface area contributed by atoms with Gasteiger partial charge in [0.05, 0.1) is 16.4 Å². The number of hydrogen-bond acceptors (Lipinski definition) is 3. The minimum Gasteiger partial charge on any atom is -0.366 e. The Labute approximate surface area is 168 Å². The summed E-state index contributed by atoms with van der Waals surface area (Å²) in [6.07, 6.45) is 1.97. The van der Waals surface area contributed by atoms with Crippen molar-refractivity contribution in [3.8, 4) is 0 Å². The standard InChI is InChI=1S/C21H24ClF2N3O/c1-21(2,3)11-19(28)26-20-16(22)10-18-17(25-20)5-4-6-27(18)12-13-7-14(23)9-15(24)8-13/h7-10H,4-6,11-12H2,1-3H3,(H,25,26,28). The van der Waals surface area contributed by atoms with Gasteiger partial charge < -0.3 is 10.2 Å². The molecule has 7 heteroatoms. The molecule has 2 heterocycles. The van der Waals surface area contributed by atoms with Crippen molar-refractivity contribution in [1.82, 2.24) is 4.98 Å². The Kier molecular flexibility index (Phi) is 5.89. The number of carbonyl (C=O) groups excluding carboxylic acids is 1.